The molecule has 1 N–H and O–H groups in total. The maximum absolute atomic E-state index is 13.5. The van der Waals surface area contributed by atoms with Crippen molar-refractivity contribution in [2.75, 3.05) is 29.9 Å². The highest BCUT2D eigenvalue weighted by Gasteiger charge is 2.17. The summed E-state index contributed by atoms with van der Waals surface area (Å²) in [5.74, 6) is 1.08. The minimum absolute atomic E-state index is 0.0449. The van der Waals surface area contributed by atoms with Crippen LogP contribution in [-0.2, 0) is 4.79 Å². The van der Waals surface area contributed by atoms with Gasteiger partial charge in [-0.2, -0.15) is 0 Å². The van der Waals surface area contributed by atoms with Crippen molar-refractivity contribution >= 4 is 17.5 Å². The molecule has 0 atom stereocenters. The number of nitrogens with zero attached hydrogens (tertiary/aromatic N) is 3. The van der Waals surface area contributed by atoms with Crippen LogP contribution in [-0.4, -0.2) is 35.6 Å². The van der Waals surface area contributed by atoms with Gasteiger partial charge in [-0.25, -0.2) is 14.4 Å². The van der Waals surface area contributed by atoms with E-state index >= 15 is 0 Å². The zero-order valence-corrected chi connectivity index (χ0v) is 14.1. The van der Waals surface area contributed by atoms with Gasteiger partial charge in [-0.05, 0) is 30.9 Å². The molecule has 1 amide bonds. The van der Waals surface area contributed by atoms with E-state index < -0.39 is 11.7 Å². The van der Waals surface area contributed by atoms with Gasteiger partial charge in [-0.15, -0.1) is 0 Å². The summed E-state index contributed by atoms with van der Waals surface area (Å²) in [6.45, 7) is 3.85. The van der Waals surface area contributed by atoms with E-state index in [4.69, 9.17) is 4.74 Å². The van der Waals surface area contributed by atoms with Crippen molar-refractivity contribution in [3.05, 3.63) is 42.5 Å². The van der Waals surface area contributed by atoms with Crippen LogP contribution in [0.2, 0.25) is 0 Å². The Kier molecular flexibility index (Phi) is 5.42. The van der Waals surface area contributed by atoms with Gasteiger partial charge in [0, 0.05) is 19.2 Å². The molecule has 7 heteroatoms. The first kappa shape index (κ1) is 17.1. The SMILES string of the molecule is CC1CCN(c2cc(NC(=O)COc3ccccc3F)ncn2)CC1. The molecule has 132 valence electrons. The number of halogens is 1. The second kappa shape index (κ2) is 7.92. The number of carbonyl (C=O) groups is 1. The summed E-state index contributed by atoms with van der Waals surface area (Å²) in [5, 5.41) is 2.66. The van der Waals surface area contributed by atoms with Crippen molar-refractivity contribution in [3.8, 4) is 5.75 Å². The molecule has 3 rings (SSSR count). The Morgan fingerprint density at radius 2 is 2.08 bits per heavy atom. The van der Waals surface area contributed by atoms with Crippen molar-refractivity contribution in [2.24, 2.45) is 5.92 Å². The number of anilines is 2. The van der Waals surface area contributed by atoms with Crippen molar-refractivity contribution in [1.29, 1.82) is 0 Å². The van der Waals surface area contributed by atoms with Gasteiger partial charge in [0.2, 0.25) is 0 Å². The second-order valence-electron chi connectivity index (χ2n) is 6.20. The number of hydrogen-bond acceptors (Lipinski definition) is 5. The fraction of sp³-hybridized carbons (Fsp3) is 0.389. The monoisotopic (exact) mass is 344 g/mol. The summed E-state index contributed by atoms with van der Waals surface area (Å²) in [6.07, 6.45) is 3.69. The first-order chi connectivity index (χ1) is 12.1. The van der Waals surface area contributed by atoms with Gasteiger partial charge in [0.05, 0.1) is 0 Å². The van der Waals surface area contributed by atoms with Crippen molar-refractivity contribution in [2.45, 2.75) is 19.8 Å². The number of para-hydroxylation sites is 1. The molecule has 6 nitrogen and oxygen atoms in total. The van der Waals surface area contributed by atoms with Crippen LogP contribution in [0.25, 0.3) is 0 Å². The molecular weight excluding hydrogens is 323 g/mol. The molecule has 0 unspecified atom stereocenters. The molecule has 1 aromatic carbocycles. The van der Waals surface area contributed by atoms with Gasteiger partial charge >= 0.3 is 0 Å². The lowest BCUT2D eigenvalue weighted by atomic mass is 9.99. The van der Waals surface area contributed by atoms with Gasteiger partial charge in [0.1, 0.15) is 18.0 Å². The van der Waals surface area contributed by atoms with Crippen LogP contribution in [0.15, 0.2) is 36.7 Å². The number of hydrogen-bond donors (Lipinski definition) is 1. The molecule has 2 aromatic rings. The van der Waals surface area contributed by atoms with E-state index in [0.29, 0.717) is 5.82 Å². The molecule has 2 heterocycles. The van der Waals surface area contributed by atoms with Gasteiger partial charge in [0.25, 0.3) is 5.91 Å². The number of nitrogens with one attached hydrogen (secondary N) is 1. The maximum atomic E-state index is 13.5. The smallest absolute Gasteiger partial charge is 0.263 e. The second-order valence-corrected chi connectivity index (χ2v) is 6.20. The highest BCUT2D eigenvalue weighted by Crippen LogP contribution is 2.22. The fourth-order valence-electron chi connectivity index (χ4n) is 2.71. The molecule has 1 aliphatic rings. The summed E-state index contributed by atoms with van der Waals surface area (Å²) >= 11 is 0. The molecule has 0 spiro atoms. The minimum Gasteiger partial charge on any atom is -0.481 e. The minimum atomic E-state index is -0.501. The summed E-state index contributed by atoms with van der Waals surface area (Å²) < 4.78 is 18.7. The van der Waals surface area contributed by atoms with E-state index in [1.165, 1.54) is 18.5 Å². The molecule has 1 aromatic heterocycles. The van der Waals surface area contributed by atoms with Crippen LogP contribution in [0.3, 0.4) is 0 Å². The van der Waals surface area contributed by atoms with E-state index in [2.05, 4.69) is 27.1 Å². The molecule has 0 radical (unpaired) electrons. The number of ether oxygens (including phenoxy) is 1. The van der Waals surface area contributed by atoms with Crippen molar-refractivity contribution in [3.63, 3.8) is 0 Å². The van der Waals surface area contributed by atoms with E-state index in [0.717, 1.165) is 37.7 Å². The largest absolute Gasteiger partial charge is 0.481 e. The summed E-state index contributed by atoms with van der Waals surface area (Å²) in [4.78, 5) is 22.5. The Morgan fingerprint density at radius 1 is 1.32 bits per heavy atom. The van der Waals surface area contributed by atoms with Crippen LogP contribution in [0.1, 0.15) is 19.8 Å². The fourth-order valence-corrected chi connectivity index (χ4v) is 2.71. The van der Waals surface area contributed by atoms with E-state index in [-0.39, 0.29) is 12.4 Å². The Hall–Kier alpha value is -2.70. The molecule has 0 bridgehead atoms. The van der Waals surface area contributed by atoms with Gasteiger partial charge in [-0.3, -0.25) is 4.79 Å². The number of amides is 1. The molecular formula is C18H21FN4O2. The number of benzene rings is 1. The molecule has 0 aliphatic carbocycles. The lowest BCUT2D eigenvalue weighted by molar-refractivity contribution is -0.118. The Morgan fingerprint density at radius 3 is 2.84 bits per heavy atom. The third-order valence-electron chi connectivity index (χ3n) is 4.22. The number of carbonyl (C=O) groups excluding carboxylic acids is 1. The predicted octanol–water partition coefficient (Wildman–Crippen LogP) is 2.87. The average Bonchev–Trinajstić information content (AvgIpc) is 2.62. The first-order valence-corrected chi connectivity index (χ1v) is 8.36. The molecule has 1 fully saturated rings. The number of aromatic nitrogens is 2. The van der Waals surface area contributed by atoms with Crippen LogP contribution < -0.4 is 15.0 Å². The van der Waals surface area contributed by atoms with Gasteiger partial charge in [-0.1, -0.05) is 19.1 Å². The van der Waals surface area contributed by atoms with Crippen molar-refractivity contribution in [1.82, 2.24) is 9.97 Å². The lowest BCUT2D eigenvalue weighted by Gasteiger charge is -2.31. The Labute approximate surface area is 146 Å². The summed E-state index contributed by atoms with van der Waals surface area (Å²) in [6, 6.07) is 7.71. The normalized spacial score (nSPS) is 15.0. The summed E-state index contributed by atoms with van der Waals surface area (Å²) in [7, 11) is 0. The third-order valence-corrected chi connectivity index (χ3v) is 4.22. The lowest BCUT2D eigenvalue weighted by Crippen LogP contribution is -2.33. The van der Waals surface area contributed by atoms with E-state index in [1.807, 2.05) is 0 Å². The predicted molar refractivity (Wildman–Crippen MR) is 93.2 cm³/mol. The van der Waals surface area contributed by atoms with Crippen LogP contribution in [0.4, 0.5) is 16.0 Å². The van der Waals surface area contributed by atoms with Crippen LogP contribution in [0, 0.1) is 11.7 Å². The van der Waals surface area contributed by atoms with Gasteiger partial charge in [0.15, 0.2) is 18.2 Å². The van der Waals surface area contributed by atoms with Gasteiger partial charge < -0.3 is 15.0 Å². The standard InChI is InChI=1S/C18H21FN4O2/c1-13-6-8-23(9-7-13)17-10-16(20-12-21-17)22-18(24)11-25-15-5-3-2-4-14(15)19/h2-5,10,12-13H,6-9,11H2,1H3,(H,20,21,22,24). The highest BCUT2D eigenvalue weighted by molar-refractivity contribution is 5.91. The van der Waals surface area contributed by atoms with Crippen LogP contribution in [0.5, 0.6) is 5.75 Å². The Bertz CT molecular complexity index is 733. The summed E-state index contributed by atoms with van der Waals surface area (Å²) in [5.41, 5.74) is 0. The third kappa shape index (κ3) is 4.65. The van der Waals surface area contributed by atoms with Crippen LogP contribution >= 0.6 is 0 Å². The molecule has 1 saturated heterocycles. The Balaban J connectivity index is 1.56. The van der Waals surface area contributed by atoms with E-state index in [1.54, 1.807) is 18.2 Å². The van der Waals surface area contributed by atoms with Crippen molar-refractivity contribution < 1.29 is 13.9 Å². The zero-order valence-electron chi connectivity index (χ0n) is 14.1. The highest BCUT2D eigenvalue weighted by atomic mass is 19.1. The molecule has 1 aliphatic heterocycles. The number of piperidine rings is 1. The molecule has 25 heavy (non-hydrogen) atoms. The topological polar surface area (TPSA) is 67.4 Å². The average molecular weight is 344 g/mol. The molecule has 0 saturated carbocycles. The maximum Gasteiger partial charge on any atom is 0.263 e. The quantitative estimate of drug-likeness (QED) is 0.903. The van der Waals surface area contributed by atoms with E-state index in [9.17, 15) is 9.18 Å². The number of rotatable bonds is 5. The zero-order chi connectivity index (χ0) is 17.6. The first-order valence-electron chi connectivity index (χ1n) is 8.36.